The second-order valence-electron chi connectivity index (χ2n) is 3.62. The lowest BCUT2D eigenvalue weighted by Gasteiger charge is -2.20. The molecule has 0 heterocycles. The van der Waals surface area contributed by atoms with E-state index >= 15 is 0 Å². The zero-order valence-electron chi connectivity index (χ0n) is 12.4. The molecule has 0 aromatic heterocycles. The van der Waals surface area contributed by atoms with Gasteiger partial charge in [-0.25, -0.2) is 9.82 Å². The number of hydrogen-bond donors (Lipinski definition) is 2. The van der Waals surface area contributed by atoms with Gasteiger partial charge < -0.3 is 4.74 Å². The molecule has 1 rings (SSSR count). The minimum Gasteiger partial charge on any atom is -0.382 e. The second-order valence-corrected chi connectivity index (χ2v) is 3.62. The first-order valence-corrected chi connectivity index (χ1v) is 6.79. The van der Waals surface area contributed by atoms with Gasteiger partial charge in [0.15, 0.2) is 0 Å². The smallest absolute Gasteiger partial charge is 0.123 e. The zero-order chi connectivity index (χ0) is 14.5. The quantitative estimate of drug-likeness (QED) is 0.563. The number of hydrazine groups is 2. The van der Waals surface area contributed by atoms with Crippen molar-refractivity contribution in [3.05, 3.63) is 30.1 Å². The fraction of sp³-hybridized carbons (Fsp3) is 0.571. The number of nitrogens with one attached hydrogen (secondary N) is 2. The highest BCUT2D eigenvalue weighted by Crippen LogP contribution is 2.10. The molecule has 0 atom stereocenters. The Hall–Kier alpha value is -1.17. The average molecular weight is 271 g/mol. The fourth-order valence-electron chi connectivity index (χ4n) is 1.31. The van der Waals surface area contributed by atoms with Gasteiger partial charge in [-0.2, -0.15) is 5.53 Å². The van der Waals surface area contributed by atoms with E-state index in [1.807, 2.05) is 27.8 Å². The molecule has 0 spiro atoms. The van der Waals surface area contributed by atoms with E-state index in [0.29, 0.717) is 0 Å². The lowest BCUT2D eigenvalue weighted by molar-refractivity contribution is 0.144. The van der Waals surface area contributed by atoms with Crippen LogP contribution in [0.4, 0.5) is 10.1 Å². The normalized spacial score (nSPS) is 9.74. The van der Waals surface area contributed by atoms with Gasteiger partial charge in [-0.15, -0.1) is 0 Å². The monoisotopic (exact) mass is 271 g/mol. The number of anilines is 1. The highest BCUT2D eigenvalue weighted by Gasteiger charge is 1.99. The Morgan fingerprint density at radius 2 is 1.84 bits per heavy atom. The lowest BCUT2D eigenvalue weighted by atomic mass is 10.3. The highest BCUT2D eigenvalue weighted by atomic mass is 19.1. The van der Waals surface area contributed by atoms with E-state index in [9.17, 15) is 4.39 Å². The topological polar surface area (TPSA) is 36.5 Å². The summed E-state index contributed by atoms with van der Waals surface area (Å²) in [5.41, 5.74) is 6.95. The molecule has 0 amide bonds. The third kappa shape index (κ3) is 8.53. The largest absolute Gasteiger partial charge is 0.382 e. The molecule has 4 nitrogen and oxygen atoms in total. The molecule has 1 aromatic rings. The maximum absolute atomic E-state index is 12.7. The maximum Gasteiger partial charge on any atom is 0.123 e. The number of rotatable bonds is 8. The molecule has 110 valence electrons. The molecule has 0 fully saturated rings. The molecule has 0 saturated carbocycles. The summed E-state index contributed by atoms with van der Waals surface area (Å²) in [7, 11) is 1.86. The number of nitrogens with zero attached hydrogens (tertiary/aromatic N) is 1. The van der Waals surface area contributed by atoms with Crippen LogP contribution >= 0.6 is 0 Å². The highest BCUT2D eigenvalue weighted by molar-refractivity contribution is 5.43. The first-order chi connectivity index (χ1) is 9.24. The van der Waals surface area contributed by atoms with Crippen LogP contribution in [-0.4, -0.2) is 26.8 Å². The van der Waals surface area contributed by atoms with Gasteiger partial charge in [0, 0.05) is 26.8 Å². The van der Waals surface area contributed by atoms with Crippen molar-refractivity contribution in [2.24, 2.45) is 0 Å². The van der Waals surface area contributed by atoms with Gasteiger partial charge in [0.05, 0.1) is 5.69 Å². The molecular weight excluding hydrogens is 245 g/mol. The van der Waals surface area contributed by atoms with Crippen LogP contribution in [-0.2, 0) is 4.74 Å². The minimum absolute atomic E-state index is 0.230. The molecule has 0 aliphatic heterocycles. The summed E-state index contributed by atoms with van der Waals surface area (Å²) in [5.74, 6) is -0.230. The van der Waals surface area contributed by atoms with Crippen molar-refractivity contribution in [2.75, 3.05) is 31.8 Å². The predicted octanol–water partition coefficient (Wildman–Crippen LogP) is 2.72. The van der Waals surface area contributed by atoms with Crippen molar-refractivity contribution < 1.29 is 9.13 Å². The zero-order valence-corrected chi connectivity index (χ0v) is 12.4. The van der Waals surface area contributed by atoms with Crippen molar-refractivity contribution in [1.29, 1.82) is 0 Å². The van der Waals surface area contributed by atoms with Crippen LogP contribution in [0.3, 0.4) is 0 Å². The maximum atomic E-state index is 12.7. The van der Waals surface area contributed by atoms with Crippen molar-refractivity contribution in [2.45, 2.75) is 27.2 Å². The summed E-state index contributed by atoms with van der Waals surface area (Å²) in [5, 5.41) is 1.79. The Morgan fingerprint density at radius 3 is 2.42 bits per heavy atom. The molecular formula is C14H26FN3O. The van der Waals surface area contributed by atoms with Crippen molar-refractivity contribution in [3.8, 4) is 0 Å². The van der Waals surface area contributed by atoms with Crippen molar-refractivity contribution >= 4 is 5.69 Å². The fourth-order valence-corrected chi connectivity index (χ4v) is 1.31. The number of halogens is 1. The van der Waals surface area contributed by atoms with Crippen molar-refractivity contribution in [1.82, 2.24) is 11.0 Å². The molecule has 5 heteroatoms. The molecule has 0 bridgehead atoms. The summed E-state index contributed by atoms with van der Waals surface area (Å²) >= 11 is 0. The number of ether oxygens (including phenoxy) is 1. The van der Waals surface area contributed by atoms with Gasteiger partial charge >= 0.3 is 0 Å². The number of hydrogen-bond acceptors (Lipinski definition) is 4. The Bertz CT molecular complexity index is 306. The summed E-state index contributed by atoms with van der Waals surface area (Å²) in [6.45, 7) is 8.30. The molecule has 0 saturated heterocycles. The summed E-state index contributed by atoms with van der Waals surface area (Å²) in [4.78, 5) is 0. The second kappa shape index (κ2) is 11.9. The van der Waals surface area contributed by atoms with E-state index < -0.39 is 0 Å². The van der Waals surface area contributed by atoms with E-state index in [0.717, 1.165) is 31.9 Å². The molecule has 0 radical (unpaired) electrons. The molecule has 0 aliphatic carbocycles. The van der Waals surface area contributed by atoms with E-state index in [4.69, 9.17) is 4.74 Å². The van der Waals surface area contributed by atoms with E-state index in [1.54, 1.807) is 17.1 Å². The van der Waals surface area contributed by atoms with Crippen LogP contribution in [0.5, 0.6) is 0 Å². The molecule has 1 aromatic carbocycles. The molecule has 0 unspecified atom stereocenters. The molecule has 2 N–H and O–H groups in total. The van der Waals surface area contributed by atoms with Gasteiger partial charge in [0.1, 0.15) is 5.82 Å². The van der Waals surface area contributed by atoms with Crippen LogP contribution in [0.2, 0.25) is 0 Å². The number of benzene rings is 1. The predicted molar refractivity (Wildman–Crippen MR) is 78.4 cm³/mol. The molecule has 0 aliphatic rings. The lowest BCUT2D eigenvalue weighted by Crippen LogP contribution is -2.45. The summed E-state index contributed by atoms with van der Waals surface area (Å²) in [6.07, 6.45) is 0.943. The summed E-state index contributed by atoms with van der Waals surface area (Å²) < 4.78 is 17.9. The van der Waals surface area contributed by atoms with Gasteiger partial charge in [0.2, 0.25) is 0 Å². The standard InChI is InChI=1S/C12H20FN3O.C2H6/c1-3-17-10-4-9-14-15-16(2)12-7-5-11(13)6-8-12;1-2/h5-8,14-15H,3-4,9-10H2,1-2H3;1-2H3. The van der Waals surface area contributed by atoms with Crippen LogP contribution in [0.25, 0.3) is 0 Å². The first-order valence-electron chi connectivity index (χ1n) is 6.79. The van der Waals surface area contributed by atoms with Gasteiger partial charge in [-0.3, -0.25) is 5.01 Å². The van der Waals surface area contributed by atoms with E-state index in [-0.39, 0.29) is 5.82 Å². The Kier molecular flexibility index (Phi) is 11.2. The van der Waals surface area contributed by atoms with Crippen LogP contribution < -0.4 is 16.0 Å². The third-order valence-electron chi connectivity index (χ3n) is 2.26. The third-order valence-corrected chi connectivity index (χ3v) is 2.26. The van der Waals surface area contributed by atoms with Crippen LogP contribution in [0.15, 0.2) is 24.3 Å². The first kappa shape index (κ1) is 17.8. The Labute approximate surface area is 115 Å². The summed E-state index contributed by atoms with van der Waals surface area (Å²) in [6, 6.07) is 6.29. The SMILES string of the molecule is CC.CCOCCCNNN(C)c1ccc(F)cc1. The van der Waals surface area contributed by atoms with Gasteiger partial charge in [-0.05, 0) is 37.6 Å². The average Bonchev–Trinajstić information content (AvgIpc) is 2.45. The Morgan fingerprint density at radius 1 is 1.21 bits per heavy atom. The Balaban J connectivity index is 0.00000154. The molecule has 19 heavy (non-hydrogen) atoms. The van der Waals surface area contributed by atoms with Gasteiger partial charge in [0.25, 0.3) is 0 Å². The van der Waals surface area contributed by atoms with Gasteiger partial charge in [-0.1, -0.05) is 13.8 Å². The minimum atomic E-state index is -0.230. The van der Waals surface area contributed by atoms with E-state index in [1.165, 1.54) is 12.1 Å². The van der Waals surface area contributed by atoms with Crippen LogP contribution in [0, 0.1) is 5.82 Å². The van der Waals surface area contributed by atoms with Crippen LogP contribution in [0.1, 0.15) is 27.2 Å². The van der Waals surface area contributed by atoms with E-state index in [2.05, 4.69) is 11.0 Å². The van der Waals surface area contributed by atoms with Crippen molar-refractivity contribution in [3.63, 3.8) is 0 Å².